The van der Waals surface area contributed by atoms with Crippen molar-refractivity contribution in [3.8, 4) is 5.75 Å². The molecule has 0 unspecified atom stereocenters. The van der Waals surface area contributed by atoms with E-state index in [-0.39, 0.29) is 5.82 Å². The first-order valence-electron chi connectivity index (χ1n) is 12.0. The van der Waals surface area contributed by atoms with Gasteiger partial charge in [0.05, 0.1) is 0 Å². The van der Waals surface area contributed by atoms with Crippen LogP contribution in [0.25, 0.3) is 0 Å². The molecular weight excluding hydrogens is 566 g/mol. The van der Waals surface area contributed by atoms with E-state index in [0.717, 1.165) is 27.0 Å². The number of halogens is 3. The van der Waals surface area contributed by atoms with Gasteiger partial charge in [0.1, 0.15) is 0 Å². The SMILES string of the molecule is Fc1ccc(OCc2ccccc2Cl)c(CP(Br)(c2ccccc2)(c2ccccc2)c2ccccc2)c1. The summed E-state index contributed by atoms with van der Waals surface area (Å²) in [5.41, 5.74) is 1.67. The van der Waals surface area contributed by atoms with Crippen LogP contribution in [0.3, 0.4) is 0 Å². The van der Waals surface area contributed by atoms with Gasteiger partial charge in [0.25, 0.3) is 0 Å². The Bertz CT molecular complexity index is 1400. The summed E-state index contributed by atoms with van der Waals surface area (Å²) < 4.78 is 21.1. The van der Waals surface area contributed by atoms with Gasteiger partial charge in [0, 0.05) is 0 Å². The van der Waals surface area contributed by atoms with Gasteiger partial charge in [-0.3, -0.25) is 0 Å². The van der Waals surface area contributed by atoms with Crippen molar-refractivity contribution in [2.75, 3.05) is 0 Å². The maximum absolute atomic E-state index is 14.8. The predicted octanol–water partition coefficient (Wildman–Crippen LogP) is 8.40. The van der Waals surface area contributed by atoms with Gasteiger partial charge in [0.15, 0.2) is 0 Å². The summed E-state index contributed by atoms with van der Waals surface area (Å²) >= 11 is 10.8. The molecule has 0 radical (unpaired) electrons. The first kappa shape index (κ1) is 25.7. The van der Waals surface area contributed by atoms with Gasteiger partial charge in [-0.1, -0.05) is 0 Å². The van der Waals surface area contributed by atoms with Crippen LogP contribution in [0.4, 0.5) is 4.39 Å². The fourth-order valence-electron chi connectivity index (χ4n) is 4.84. The molecule has 5 rings (SSSR count). The summed E-state index contributed by atoms with van der Waals surface area (Å²) in [5.74, 6) is 0.337. The fourth-order valence-corrected chi connectivity index (χ4v) is 12.7. The summed E-state index contributed by atoms with van der Waals surface area (Å²) in [6, 6.07) is 43.8. The molecule has 0 saturated heterocycles. The van der Waals surface area contributed by atoms with Crippen LogP contribution in [-0.2, 0) is 12.8 Å². The van der Waals surface area contributed by atoms with Crippen LogP contribution in [0.15, 0.2) is 133 Å². The van der Waals surface area contributed by atoms with Crippen molar-refractivity contribution in [2.24, 2.45) is 0 Å². The van der Waals surface area contributed by atoms with Crippen LogP contribution < -0.4 is 20.7 Å². The predicted molar refractivity (Wildman–Crippen MR) is 160 cm³/mol. The third kappa shape index (κ3) is 4.97. The summed E-state index contributed by atoms with van der Waals surface area (Å²) in [5, 5.41) is 0.799. The van der Waals surface area contributed by atoms with E-state index in [1.165, 1.54) is 6.07 Å². The van der Waals surface area contributed by atoms with Crippen molar-refractivity contribution in [2.45, 2.75) is 12.8 Å². The molecule has 1 nitrogen and oxygen atoms in total. The van der Waals surface area contributed by atoms with Crippen LogP contribution in [0.5, 0.6) is 5.75 Å². The van der Waals surface area contributed by atoms with Crippen LogP contribution in [-0.4, -0.2) is 0 Å². The molecule has 0 amide bonds. The third-order valence-corrected chi connectivity index (χ3v) is 16.6. The Morgan fingerprint density at radius 1 is 0.622 bits per heavy atom. The van der Waals surface area contributed by atoms with Crippen LogP contribution in [0.1, 0.15) is 11.1 Å². The molecule has 5 aromatic carbocycles. The summed E-state index contributed by atoms with van der Waals surface area (Å²) in [4.78, 5) is 0. The molecule has 37 heavy (non-hydrogen) atoms. The molecule has 186 valence electrons. The van der Waals surface area contributed by atoms with Crippen LogP contribution >= 0.6 is 32.4 Å². The van der Waals surface area contributed by atoms with Crippen LogP contribution in [0.2, 0.25) is 5.02 Å². The molecule has 0 aliphatic carbocycles. The Balaban J connectivity index is 1.71. The second-order valence-electron chi connectivity index (χ2n) is 8.98. The Morgan fingerprint density at radius 2 is 1.11 bits per heavy atom. The van der Waals surface area contributed by atoms with Crippen molar-refractivity contribution < 1.29 is 9.13 Å². The van der Waals surface area contributed by atoms with Gasteiger partial charge in [0.2, 0.25) is 0 Å². The normalized spacial score (nSPS) is 12.5. The van der Waals surface area contributed by atoms with E-state index >= 15 is 0 Å². The molecule has 5 heteroatoms. The third-order valence-electron chi connectivity index (χ3n) is 6.71. The van der Waals surface area contributed by atoms with E-state index < -0.39 is 5.31 Å². The summed E-state index contributed by atoms with van der Waals surface area (Å²) in [6.45, 7) is 0.290. The molecule has 0 aliphatic heterocycles. The van der Waals surface area contributed by atoms with Crippen LogP contribution in [0, 0.1) is 5.82 Å². The number of rotatable bonds is 8. The minimum atomic E-state index is -3.32. The van der Waals surface area contributed by atoms with E-state index in [0.29, 0.717) is 23.5 Å². The quantitative estimate of drug-likeness (QED) is 0.165. The molecule has 0 N–H and O–H groups in total. The first-order valence-corrected chi connectivity index (χ1v) is 16.8. The van der Waals surface area contributed by atoms with Gasteiger partial charge in [-0.15, -0.1) is 0 Å². The van der Waals surface area contributed by atoms with Gasteiger partial charge < -0.3 is 0 Å². The Morgan fingerprint density at radius 3 is 1.62 bits per heavy atom. The zero-order valence-corrected chi connectivity index (χ0v) is 23.3. The molecule has 0 heterocycles. The molecule has 0 aliphatic rings. The average molecular weight is 592 g/mol. The van der Waals surface area contributed by atoms with Crippen molar-refractivity contribution in [1.82, 2.24) is 0 Å². The van der Waals surface area contributed by atoms with E-state index in [1.807, 2.05) is 42.5 Å². The molecule has 0 spiro atoms. The fraction of sp³-hybridized carbons (Fsp3) is 0.0625. The van der Waals surface area contributed by atoms with Gasteiger partial charge in [-0.2, -0.15) is 0 Å². The molecule has 0 fully saturated rings. The topological polar surface area (TPSA) is 9.23 Å². The van der Waals surface area contributed by atoms with Gasteiger partial charge >= 0.3 is 231 Å². The summed E-state index contributed by atoms with van der Waals surface area (Å²) in [6.07, 6.45) is 0.527. The van der Waals surface area contributed by atoms with Crippen molar-refractivity contribution in [3.05, 3.63) is 155 Å². The maximum atomic E-state index is 14.8. The molecule has 5 aromatic rings. The van der Waals surface area contributed by atoms with E-state index in [2.05, 4.69) is 88.3 Å². The van der Waals surface area contributed by atoms with E-state index in [9.17, 15) is 4.39 Å². The second kappa shape index (κ2) is 10.8. The first-order chi connectivity index (χ1) is 18.0. The van der Waals surface area contributed by atoms with Crippen molar-refractivity contribution in [1.29, 1.82) is 0 Å². The number of benzene rings is 5. The number of hydrogen-bond donors (Lipinski definition) is 0. The van der Waals surface area contributed by atoms with Gasteiger partial charge in [-0.05, 0) is 0 Å². The average Bonchev–Trinajstić information content (AvgIpc) is 2.95. The molecule has 0 aromatic heterocycles. The zero-order valence-electron chi connectivity index (χ0n) is 20.1. The van der Waals surface area contributed by atoms with Crippen molar-refractivity contribution in [3.63, 3.8) is 0 Å². The Kier molecular flexibility index (Phi) is 7.49. The number of ether oxygens (including phenoxy) is 1. The number of hydrogen-bond acceptors (Lipinski definition) is 1. The zero-order chi connectivity index (χ0) is 25.7. The monoisotopic (exact) mass is 590 g/mol. The van der Waals surface area contributed by atoms with Gasteiger partial charge in [-0.25, -0.2) is 0 Å². The minimum absolute atomic E-state index is 0.290. The molecular formula is C32H26BrClFOP. The Labute approximate surface area is 230 Å². The van der Waals surface area contributed by atoms with Crippen molar-refractivity contribution >= 4 is 48.3 Å². The van der Waals surface area contributed by atoms with E-state index in [1.54, 1.807) is 12.1 Å². The molecule has 0 atom stereocenters. The van der Waals surface area contributed by atoms with E-state index in [4.69, 9.17) is 16.3 Å². The molecule has 0 saturated carbocycles. The second-order valence-corrected chi connectivity index (χ2v) is 18.3. The molecule has 0 bridgehead atoms. The Hall–Kier alpha value is -2.97. The summed E-state index contributed by atoms with van der Waals surface area (Å²) in [7, 11) is 0. The standard InChI is InChI=1S/C32H26BrClFOP/c33-37(28-13-4-1-5-14-28,29-15-6-2-7-16-29,30-17-8-3-9-18-30)24-26-22-27(35)20-21-32(26)36-23-25-12-10-11-19-31(25)34/h1-22H,23-24H2.